The number of aromatic nitrogens is 1. The molecular weight excluding hydrogens is 280 g/mol. The highest BCUT2D eigenvalue weighted by atomic mass is 32.1. The van der Waals surface area contributed by atoms with Crippen LogP contribution in [0, 0.1) is 0 Å². The number of nitrogens with zero attached hydrogens (tertiary/aromatic N) is 1. The second-order valence-corrected chi connectivity index (χ2v) is 5.88. The summed E-state index contributed by atoms with van der Waals surface area (Å²) >= 11 is 1.71. The van der Waals surface area contributed by atoms with E-state index in [1.165, 1.54) is 10.4 Å². The lowest BCUT2D eigenvalue weighted by Crippen LogP contribution is -2.10. The number of nitrogens with one attached hydrogen (secondary N) is 1. The van der Waals surface area contributed by atoms with Crippen molar-refractivity contribution in [2.75, 3.05) is 7.11 Å². The first kappa shape index (κ1) is 13.9. The van der Waals surface area contributed by atoms with Crippen LogP contribution in [-0.2, 0) is 13.1 Å². The smallest absolute Gasteiger partial charge is 0.123 e. The van der Waals surface area contributed by atoms with Crippen molar-refractivity contribution in [1.82, 2.24) is 10.3 Å². The Bertz CT molecular complexity index is 688. The van der Waals surface area contributed by atoms with E-state index >= 15 is 0 Å². The SMILES string of the molecule is COc1cccc(-c2ncc(CNCc3cc[cH-]c3)s2)c1. The summed E-state index contributed by atoms with van der Waals surface area (Å²) in [6.07, 6.45) is 1.94. The van der Waals surface area contributed by atoms with Gasteiger partial charge in [0, 0.05) is 23.2 Å². The summed E-state index contributed by atoms with van der Waals surface area (Å²) in [5, 5.41) is 4.46. The molecule has 3 aromatic rings. The molecule has 0 bridgehead atoms. The molecule has 3 nitrogen and oxygen atoms in total. The molecular formula is C17H17N2OS-. The Kier molecular flexibility index (Phi) is 4.38. The average Bonchev–Trinajstić information content (AvgIpc) is 3.19. The van der Waals surface area contributed by atoms with Gasteiger partial charge in [0.25, 0.3) is 0 Å². The predicted molar refractivity (Wildman–Crippen MR) is 86.7 cm³/mol. The molecule has 3 rings (SSSR count). The highest BCUT2D eigenvalue weighted by molar-refractivity contribution is 7.15. The van der Waals surface area contributed by atoms with Crippen molar-refractivity contribution < 1.29 is 4.74 Å². The summed E-state index contributed by atoms with van der Waals surface area (Å²) in [6.45, 7) is 1.73. The first-order valence-corrected chi connectivity index (χ1v) is 7.67. The second-order valence-electron chi connectivity index (χ2n) is 4.76. The zero-order valence-corrected chi connectivity index (χ0v) is 12.7. The molecule has 108 valence electrons. The lowest BCUT2D eigenvalue weighted by atomic mass is 10.2. The van der Waals surface area contributed by atoms with Crippen molar-refractivity contribution in [2.45, 2.75) is 13.1 Å². The zero-order valence-electron chi connectivity index (χ0n) is 11.9. The number of hydrogen-bond donors (Lipinski definition) is 1. The Morgan fingerprint density at radius 1 is 1.29 bits per heavy atom. The molecule has 1 aromatic heterocycles. The lowest BCUT2D eigenvalue weighted by molar-refractivity contribution is 0.415. The van der Waals surface area contributed by atoms with Gasteiger partial charge in [0.2, 0.25) is 0 Å². The maximum atomic E-state index is 5.25. The molecule has 2 aromatic carbocycles. The van der Waals surface area contributed by atoms with Crippen molar-refractivity contribution in [3.05, 3.63) is 65.2 Å². The number of ether oxygens (including phenoxy) is 1. The van der Waals surface area contributed by atoms with Crippen LogP contribution in [0.3, 0.4) is 0 Å². The van der Waals surface area contributed by atoms with E-state index in [-0.39, 0.29) is 0 Å². The topological polar surface area (TPSA) is 34.1 Å². The first-order chi connectivity index (χ1) is 10.3. The molecule has 0 atom stereocenters. The fourth-order valence-electron chi connectivity index (χ4n) is 2.14. The number of methoxy groups -OCH3 is 1. The second kappa shape index (κ2) is 6.61. The maximum Gasteiger partial charge on any atom is 0.123 e. The summed E-state index contributed by atoms with van der Waals surface area (Å²) in [5.74, 6) is 0.860. The van der Waals surface area contributed by atoms with Crippen LogP contribution in [-0.4, -0.2) is 12.1 Å². The molecule has 0 saturated carbocycles. The molecule has 1 heterocycles. The third-order valence-corrected chi connectivity index (χ3v) is 4.28. The van der Waals surface area contributed by atoms with Gasteiger partial charge in [0.05, 0.1) is 7.11 Å². The van der Waals surface area contributed by atoms with Gasteiger partial charge in [-0.3, -0.25) is 0 Å². The van der Waals surface area contributed by atoms with Gasteiger partial charge in [-0.25, -0.2) is 11.1 Å². The summed E-state index contributed by atoms with van der Waals surface area (Å²) in [5.41, 5.74) is 2.41. The van der Waals surface area contributed by atoms with E-state index in [1.807, 2.05) is 24.4 Å². The standard InChI is InChI=1S/C17H17N2OS/c1-20-15-8-4-7-14(9-15)17-19-12-16(21-17)11-18-10-13-5-2-3-6-13/h2-9,12,18H,10-11H2,1H3/q-1. The molecule has 0 saturated heterocycles. The van der Waals surface area contributed by atoms with Crippen LogP contribution in [0.15, 0.2) is 54.7 Å². The molecule has 1 N–H and O–H groups in total. The van der Waals surface area contributed by atoms with Crippen LogP contribution in [0.1, 0.15) is 10.4 Å². The average molecular weight is 297 g/mol. The molecule has 0 amide bonds. The number of hydrogen-bond acceptors (Lipinski definition) is 4. The van der Waals surface area contributed by atoms with Crippen molar-refractivity contribution in [3.8, 4) is 16.3 Å². The van der Waals surface area contributed by atoms with E-state index < -0.39 is 0 Å². The van der Waals surface area contributed by atoms with E-state index in [0.717, 1.165) is 29.4 Å². The van der Waals surface area contributed by atoms with Gasteiger partial charge in [0.15, 0.2) is 0 Å². The van der Waals surface area contributed by atoms with E-state index in [2.05, 4.69) is 40.6 Å². The third-order valence-electron chi connectivity index (χ3n) is 3.23. The molecule has 0 aliphatic heterocycles. The Balaban J connectivity index is 1.62. The summed E-state index contributed by atoms with van der Waals surface area (Å²) in [4.78, 5) is 5.74. The Labute approximate surface area is 128 Å². The minimum absolute atomic E-state index is 0.840. The van der Waals surface area contributed by atoms with Crippen LogP contribution in [0.4, 0.5) is 0 Å². The molecule has 4 heteroatoms. The molecule has 21 heavy (non-hydrogen) atoms. The highest BCUT2D eigenvalue weighted by Gasteiger charge is 2.05. The quantitative estimate of drug-likeness (QED) is 0.702. The summed E-state index contributed by atoms with van der Waals surface area (Å²) in [7, 11) is 1.68. The minimum atomic E-state index is 0.840. The minimum Gasteiger partial charge on any atom is -0.497 e. The Hall–Kier alpha value is -2.04. The largest absolute Gasteiger partial charge is 0.497 e. The number of rotatable bonds is 6. The van der Waals surface area contributed by atoms with E-state index in [4.69, 9.17) is 4.74 Å². The van der Waals surface area contributed by atoms with Crippen molar-refractivity contribution in [2.24, 2.45) is 0 Å². The zero-order chi connectivity index (χ0) is 14.5. The molecule has 0 aliphatic rings. The van der Waals surface area contributed by atoms with E-state index in [9.17, 15) is 0 Å². The van der Waals surface area contributed by atoms with Crippen molar-refractivity contribution >= 4 is 11.3 Å². The Morgan fingerprint density at radius 3 is 3.05 bits per heavy atom. The third kappa shape index (κ3) is 3.54. The normalized spacial score (nSPS) is 10.7. The molecule has 0 fully saturated rings. The van der Waals surface area contributed by atoms with Crippen molar-refractivity contribution in [1.29, 1.82) is 0 Å². The number of thiazole rings is 1. The van der Waals surface area contributed by atoms with Gasteiger partial charge in [-0.05, 0) is 18.7 Å². The summed E-state index contributed by atoms with van der Waals surface area (Å²) in [6, 6.07) is 16.4. The monoisotopic (exact) mass is 297 g/mol. The van der Waals surface area contributed by atoms with Crippen LogP contribution < -0.4 is 10.1 Å². The van der Waals surface area contributed by atoms with Gasteiger partial charge in [-0.2, -0.15) is 23.8 Å². The van der Waals surface area contributed by atoms with Crippen LogP contribution in [0.25, 0.3) is 10.6 Å². The fraction of sp³-hybridized carbons (Fsp3) is 0.176. The first-order valence-electron chi connectivity index (χ1n) is 6.85. The van der Waals surface area contributed by atoms with Crippen LogP contribution in [0.2, 0.25) is 0 Å². The molecule has 0 unspecified atom stereocenters. The Morgan fingerprint density at radius 2 is 2.24 bits per heavy atom. The van der Waals surface area contributed by atoms with Gasteiger partial charge in [0.1, 0.15) is 10.8 Å². The van der Waals surface area contributed by atoms with Gasteiger partial charge in [-0.15, -0.1) is 11.3 Å². The van der Waals surface area contributed by atoms with E-state index in [1.54, 1.807) is 18.4 Å². The maximum absolute atomic E-state index is 5.25. The molecule has 0 radical (unpaired) electrons. The van der Waals surface area contributed by atoms with Crippen LogP contribution in [0.5, 0.6) is 5.75 Å². The van der Waals surface area contributed by atoms with Crippen molar-refractivity contribution in [3.63, 3.8) is 0 Å². The summed E-state index contributed by atoms with van der Waals surface area (Å²) < 4.78 is 5.25. The van der Waals surface area contributed by atoms with Gasteiger partial charge < -0.3 is 10.1 Å². The lowest BCUT2D eigenvalue weighted by Gasteiger charge is -2.05. The number of benzene rings is 1. The van der Waals surface area contributed by atoms with E-state index in [0.29, 0.717) is 0 Å². The predicted octanol–water partition coefficient (Wildman–Crippen LogP) is 3.83. The van der Waals surface area contributed by atoms with Crippen LogP contribution >= 0.6 is 11.3 Å². The van der Waals surface area contributed by atoms with Gasteiger partial charge >= 0.3 is 0 Å². The molecule has 0 spiro atoms. The van der Waals surface area contributed by atoms with Gasteiger partial charge in [-0.1, -0.05) is 12.1 Å². The molecule has 0 aliphatic carbocycles. The highest BCUT2D eigenvalue weighted by Crippen LogP contribution is 2.27. The fourth-order valence-corrected chi connectivity index (χ4v) is 3.02.